The molecule has 0 aliphatic carbocycles. The van der Waals surface area contributed by atoms with Crippen molar-refractivity contribution >= 4 is 0 Å². The SMILES string of the molecule is CC(C)CC(C)NC1COCc2ccccc21. The van der Waals surface area contributed by atoms with Crippen LogP contribution in [0.15, 0.2) is 24.3 Å². The average molecular weight is 233 g/mol. The smallest absolute Gasteiger partial charge is 0.0721 e. The molecule has 1 aromatic rings. The van der Waals surface area contributed by atoms with E-state index in [0.717, 1.165) is 19.1 Å². The fourth-order valence-corrected chi connectivity index (χ4v) is 2.64. The van der Waals surface area contributed by atoms with Crippen LogP contribution in [0.3, 0.4) is 0 Å². The number of fused-ring (bicyclic) bond motifs is 1. The van der Waals surface area contributed by atoms with Gasteiger partial charge in [0.15, 0.2) is 0 Å². The highest BCUT2D eigenvalue weighted by Gasteiger charge is 2.21. The van der Waals surface area contributed by atoms with Crippen molar-refractivity contribution in [3.05, 3.63) is 35.4 Å². The van der Waals surface area contributed by atoms with Crippen molar-refractivity contribution in [1.82, 2.24) is 5.32 Å². The monoisotopic (exact) mass is 233 g/mol. The van der Waals surface area contributed by atoms with Crippen LogP contribution in [0.2, 0.25) is 0 Å². The molecule has 2 nitrogen and oxygen atoms in total. The van der Waals surface area contributed by atoms with E-state index in [9.17, 15) is 0 Å². The quantitative estimate of drug-likeness (QED) is 0.861. The van der Waals surface area contributed by atoms with E-state index in [1.54, 1.807) is 0 Å². The van der Waals surface area contributed by atoms with Gasteiger partial charge < -0.3 is 10.1 Å². The van der Waals surface area contributed by atoms with Gasteiger partial charge in [0.05, 0.1) is 19.3 Å². The van der Waals surface area contributed by atoms with Crippen molar-refractivity contribution in [2.75, 3.05) is 6.61 Å². The van der Waals surface area contributed by atoms with Crippen LogP contribution in [0, 0.1) is 5.92 Å². The predicted octanol–water partition coefficient (Wildman–Crippen LogP) is 3.28. The minimum Gasteiger partial charge on any atom is -0.375 e. The molecular formula is C15H23NO. The van der Waals surface area contributed by atoms with E-state index in [0.29, 0.717) is 12.1 Å². The van der Waals surface area contributed by atoms with Gasteiger partial charge in [-0.2, -0.15) is 0 Å². The first-order chi connectivity index (χ1) is 8.16. The van der Waals surface area contributed by atoms with Crippen molar-refractivity contribution in [3.63, 3.8) is 0 Å². The largest absolute Gasteiger partial charge is 0.375 e. The van der Waals surface area contributed by atoms with Crippen LogP contribution in [0.1, 0.15) is 44.4 Å². The van der Waals surface area contributed by atoms with E-state index in [4.69, 9.17) is 4.74 Å². The van der Waals surface area contributed by atoms with Gasteiger partial charge in [-0.05, 0) is 30.4 Å². The molecule has 1 N–H and O–H groups in total. The molecule has 1 aliphatic rings. The van der Waals surface area contributed by atoms with Gasteiger partial charge in [0, 0.05) is 6.04 Å². The Kier molecular flexibility index (Phi) is 4.19. The Bertz CT molecular complexity index is 362. The summed E-state index contributed by atoms with van der Waals surface area (Å²) < 4.78 is 5.65. The molecule has 2 rings (SSSR count). The van der Waals surface area contributed by atoms with E-state index in [2.05, 4.69) is 50.4 Å². The molecule has 1 aromatic carbocycles. The first-order valence-electron chi connectivity index (χ1n) is 6.58. The van der Waals surface area contributed by atoms with E-state index in [1.807, 2.05) is 0 Å². The topological polar surface area (TPSA) is 21.3 Å². The number of nitrogens with one attached hydrogen (secondary N) is 1. The van der Waals surface area contributed by atoms with Gasteiger partial charge in [0.25, 0.3) is 0 Å². The van der Waals surface area contributed by atoms with E-state index < -0.39 is 0 Å². The zero-order valence-electron chi connectivity index (χ0n) is 11.1. The normalized spacial score (nSPS) is 21.3. The zero-order chi connectivity index (χ0) is 12.3. The van der Waals surface area contributed by atoms with Crippen molar-refractivity contribution in [3.8, 4) is 0 Å². The van der Waals surface area contributed by atoms with Crippen LogP contribution in [-0.4, -0.2) is 12.6 Å². The van der Waals surface area contributed by atoms with Crippen LogP contribution in [0.5, 0.6) is 0 Å². The molecule has 0 bridgehead atoms. The van der Waals surface area contributed by atoms with Gasteiger partial charge in [0.2, 0.25) is 0 Å². The van der Waals surface area contributed by atoms with Gasteiger partial charge in [0.1, 0.15) is 0 Å². The molecular weight excluding hydrogens is 210 g/mol. The van der Waals surface area contributed by atoms with E-state index >= 15 is 0 Å². The van der Waals surface area contributed by atoms with Crippen LogP contribution < -0.4 is 5.32 Å². The fraction of sp³-hybridized carbons (Fsp3) is 0.600. The summed E-state index contributed by atoms with van der Waals surface area (Å²) in [4.78, 5) is 0. The summed E-state index contributed by atoms with van der Waals surface area (Å²) >= 11 is 0. The lowest BCUT2D eigenvalue weighted by atomic mass is 9.97. The van der Waals surface area contributed by atoms with Gasteiger partial charge in [-0.3, -0.25) is 0 Å². The summed E-state index contributed by atoms with van der Waals surface area (Å²) in [6.45, 7) is 8.34. The number of benzene rings is 1. The van der Waals surface area contributed by atoms with Gasteiger partial charge in [-0.25, -0.2) is 0 Å². The number of rotatable bonds is 4. The molecule has 0 aromatic heterocycles. The maximum Gasteiger partial charge on any atom is 0.0721 e. The minimum absolute atomic E-state index is 0.355. The lowest BCUT2D eigenvalue weighted by Crippen LogP contribution is -2.36. The fourth-order valence-electron chi connectivity index (χ4n) is 2.64. The Morgan fingerprint density at radius 1 is 1.29 bits per heavy atom. The molecule has 0 saturated heterocycles. The Morgan fingerprint density at radius 3 is 2.82 bits per heavy atom. The van der Waals surface area contributed by atoms with Crippen molar-refractivity contribution < 1.29 is 4.74 Å². The van der Waals surface area contributed by atoms with Crippen LogP contribution >= 0.6 is 0 Å². The van der Waals surface area contributed by atoms with Crippen molar-refractivity contribution in [2.24, 2.45) is 5.92 Å². The van der Waals surface area contributed by atoms with Crippen molar-refractivity contribution in [1.29, 1.82) is 0 Å². The second-order valence-electron chi connectivity index (χ2n) is 5.46. The Morgan fingerprint density at radius 2 is 2.06 bits per heavy atom. The van der Waals surface area contributed by atoms with Gasteiger partial charge in [-0.15, -0.1) is 0 Å². The molecule has 1 aliphatic heterocycles. The lowest BCUT2D eigenvalue weighted by molar-refractivity contribution is 0.0782. The van der Waals surface area contributed by atoms with Gasteiger partial charge >= 0.3 is 0 Å². The van der Waals surface area contributed by atoms with Crippen molar-refractivity contribution in [2.45, 2.75) is 45.9 Å². The van der Waals surface area contributed by atoms with E-state index in [1.165, 1.54) is 17.5 Å². The van der Waals surface area contributed by atoms with E-state index in [-0.39, 0.29) is 0 Å². The molecule has 0 fully saturated rings. The molecule has 2 heteroatoms. The summed E-state index contributed by atoms with van der Waals surface area (Å²) in [5, 5.41) is 3.68. The van der Waals surface area contributed by atoms with Crippen LogP contribution in [0.4, 0.5) is 0 Å². The maximum atomic E-state index is 5.65. The summed E-state index contributed by atoms with van der Waals surface area (Å²) in [5.41, 5.74) is 2.74. The first kappa shape index (κ1) is 12.6. The third kappa shape index (κ3) is 3.30. The molecule has 0 amide bonds. The summed E-state index contributed by atoms with van der Waals surface area (Å²) in [6.07, 6.45) is 1.21. The Balaban J connectivity index is 2.03. The first-order valence-corrected chi connectivity index (χ1v) is 6.58. The average Bonchev–Trinajstić information content (AvgIpc) is 2.28. The summed E-state index contributed by atoms with van der Waals surface area (Å²) in [7, 11) is 0. The molecule has 1 heterocycles. The number of hydrogen-bond donors (Lipinski definition) is 1. The third-order valence-corrected chi connectivity index (χ3v) is 3.28. The number of ether oxygens (including phenoxy) is 1. The third-order valence-electron chi connectivity index (χ3n) is 3.28. The summed E-state index contributed by atoms with van der Waals surface area (Å²) in [6, 6.07) is 9.48. The number of hydrogen-bond acceptors (Lipinski definition) is 2. The molecule has 0 spiro atoms. The highest BCUT2D eigenvalue weighted by Crippen LogP contribution is 2.25. The molecule has 0 radical (unpaired) electrons. The molecule has 2 atom stereocenters. The molecule has 17 heavy (non-hydrogen) atoms. The maximum absolute atomic E-state index is 5.65. The molecule has 0 saturated carbocycles. The van der Waals surface area contributed by atoms with Crippen LogP contribution in [0.25, 0.3) is 0 Å². The second-order valence-corrected chi connectivity index (χ2v) is 5.46. The highest BCUT2D eigenvalue weighted by atomic mass is 16.5. The Labute approximate surface area is 104 Å². The standard InChI is InChI=1S/C15H23NO/c1-11(2)8-12(3)16-15-10-17-9-13-6-4-5-7-14(13)15/h4-7,11-12,15-16H,8-10H2,1-3H3. The van der Waals surface area contributed by atoms with Gasteiger partial charge in [-0.1, -0.05) is 38.1 Å². The van der Waals surface area contributed by atoms with Crippen LogP contribution in [-0.2, 0) is 11.3 Å². The highest BCUT2D eigenvalue weighted by molar-refractivity contribution is 5.31. The zero-order valence-corrected chi connectivity index (χ0v) is 11.1. The minimum atomic E-state index is 0.355. The molecule has 2 unspecified atom stereocenters. The Hall–Kier alpha value is -0.860. The lowest BCUT2D eigenvalue weighted by Gasteiger charge is -2.29. The predicted molar refractivity (Wildman–Crippen MR) is 70.9 cm³/mol. The summed E-state index contributed by atoms with van der Waals surface area (Å²) in [5.74, 6) is 0.734. The second kappa shape index (κ2) is 5.65. The molecule has 94 valence electrons.